The van der Waals surface area contributed by atoms with Crippen LogP contribution in [0.3, 0.4) is 0 Å². The first-order valence-corrected chi connectivity index (χ1v) is 14.8. The molecule has 0 fully saturated rings. The van der Waals surface area contributed by atoms with E-state index in [9.17, 15) is 14.4 Å². The molecule has 1 unspecified atom stereocenters. The Morgan fingerprint density at radius 3 is 2.40 bits per heavy atom. The molecule has 0 aliphatic heterocycles. The number of ether oxygens (including phenoxy) is 1. The van der Waals surface area contributed by atoms with Crippen molar-refractivity contribution in [2.75, 3.05) is 17.7 Å². The van der Waals surface area contributed by atoms with Gasteiger partial charge in [-0.15, -0.1) is 11.8 Å². The molecule has 3 N–H and O–H groups in total. The van der Waals surface area contributed by atoms with Crippen molar-refractivity contribution in [2.24, 2.45) is 0 Å². The molecule has 0 bridgehead atoms. The van der Waals surface area contributed by atoms with E-state index in [0.717, 1.165) is 14.9 Å². The normalized spacial score (nSPS) is 11.8. The summed E-state index contributed by atoms with van der Waals surface area (Å²) in [5.74, 6) is -0.647. The van der Waals surface area contributed by atoms with Crippen LogP contribution in [0.5, 0.6) is 5.75 Å². The van der Waals surface area contributed by atoms with Crippen molar-refractivity contribution in [3.63, 3.8) is 0 Å². The van der Waals surface area contributed by atoms with Crippen LogP contribution in [-0.4, -0.2) is 30.1 Å². The largest absolute Gasteiger partial charge is 0.495 e. The molecule has 0 aromatic heterocycles. The number of thioether (sulfide) groups is 1. The van der Waals surface area contributed by atoms with Gasteiger partial charge in [0, 0.05) is 25.6 Å². The van der Waals surface area contributed by atoms with Crippen LogP contribution in [0.4, 0.5) is 11.4 Å². The second-order valence-electron chi connectivity index (χ2n) is 9.01. The average molecular weight is 665 g/mol. The summed E-state index contributed by atoms with van der Waals surface area (Å²) in [5.41, 5.74) is 2.20. The maximum Gasteiger partial charge on any atom is 0.272 e. The molecule has 7 nitrogen and oxygen atoms in total. The van der Waals surface area contributed by atoms with Gasteiger partial charge in [0.1, 0.15) is 11.4 Å². The predicted octanol–water partition coefficient (Wildman–Crippen LogP) is 7.64. The first kappa shape index (κ1) is 30.9. The van der Waals surface area contributed by atoms with Crippen LogP contribution in [0.25, 0.3) is 6.08 Å². The molecule has 3 amide bonds. The summed E-state index contributed by atoms with van der Waals surface area (Å²) in [6.07, 6.45) is 1.61. The zero-order chi connectivity index (χ0) is 30.1. The number of carbonyl (C=O) groups excluding carboxylic acids is 3. The number of hydrogen-bond acceptors (Lipinski definition) is 5. The maximum absolute atomic E-state index is 13.4. The van der Waals surface area contributed by atoms with Crippen LogP contribution in [0, 0.1) is 0 Å². The molecule has 10 heteroatoms. The fourth-order valence-electron chi connectivity index (χ4n) is 3.82. The van der Waals surface area contributed by atoms with Crippen LogP contribution in [0.1, 0.15) is 22.8 Å². The van der Waals surface area contributed by atoms with E-state index in [-0.39, 0.29) is 11.6 Å². The third-order valence-corrected chi connectivity index (χ3v) is 7.70. The van der Waals surface area contributed by atoms with Gasteiger partial charge in [-0.3, -0.25) is 14.4 Å². The van der Waals surface area contributed by atoms with Crippen molar-refractivity contribution in [1.82, 2.24) is 5.32 Å². The highest BCUT2D eigenvalue weighted by Crippen LogP contribution is 2.30. The van der Waals surface area contributed by atoms with Gasteiger partial charge in [0.2, 0.25) is 5.91 Å². The van der Waals surface area contributed by atoms with E-state index in [0.29, 0.717) is 27.7 Å². The molecule has 0 heterocycles. The fourth-order valence-corrected chi connectivity index (χ4v) is 5.34. The molecule has 0 aliphatic rings. The van der Waals surface area contributed by atoms with Crippen molar-refractivity contribution < 1.29 is 19.1 Å². The Morgan fingerprint density at radius 2 is 1.67 bits per heavy atom. The average Bonchev–Trinajstić information content (AvgIpc) is 2.97. The number of methoxy groups -OCH3 is 1. The Balaban J connectivity index is 1.48. The van der Waals surface area contributed by atoms with Crippen LogP contribution >= 0.6 is 39.3 Å². The van der Waals surface area contributed by atoms with E-state index in [1.54, 1.807) is 73.7 Å². The molecule has 0 radical (unpaired) electrons. The zero-order valence-corrected chi connectivity index (χ0v) is 25.8. The summed E-state index contributed by atoms with van der Waals surface area (Å²) in [5, 5.41) is 8.45. The summed E-state index contributed by atoms with van der Waals surface area (Å²) in [7, 11) is 1.52. The van der Waals surface area contributed by atoms with Gasteiger partial charge in [-0.2, -0.15) is 0 Å². The lowest BCUT2D eigenvalue weighted by Crippen LogP contribution is -2.30. The van der Waals surface area contributed by atoms with E-state index < -0.39 is 17.1 Å². The van der Waals surface area contributed by atoms with Crippen LogP contribution in [0.2, 0.25) is 5.02 Å². The van der Waals surface area contributed by atoms with Gasteiger partial charge in [0.05, 0.1) is 18.0 Å². The Labute approximate surface area is 261 Å². The summed E-state index contributed by atoms with van der Waals surface area (Å²) in [6, 6.07) is 28.2. The number of amides is 3. The van der Waals surface area contributed by atoms with Crippen LogP contribution < -0.4 is 20.7 Å². The number of rotatable bonds is 10. The van der Waals surface area contributed by atoms with Gasteiger partial charge >= 0.3 is 0 Å². The van der Waals surface area contributed by atoms with E-state index in [1.165, 1.54) is 18.9 Å². The van der Waals surface area contributed by atoms with Crippen molar-refractivity contribution in [3.05, 3.63) is 123 Å². The molecule has 0 saturated heterocycles. The molecule has 42 heavy (non-hydrogen) atoms. The number of carbonyl (C=O) groups is 3. The molecule has 4 rings (SSSR count). The number of halogens is 2. The first-order valence-electron chi connectivity index (χ1n) is 12.8. The molecule has 214 valence electrons. The number of nitrogens with one attached hydrogen (secondary N) is 3. The minimum absolute atomic E-state index is 0.0724. The Morgan fingerprint density at radius 1 is 0.905 bits per heavy atom. The molecular weight excluding hydrogens is 638 g/mol. The van der Waals surface area contributed by atoms with Crippen molar-refractivity contribution >= 4 is 74.5 Å². The molecule has 0 spiro atoms. The van der Waals surface area contributed by atoms with Gasteiger partial charge in [0.15, 0.2) is 0 Å². The van der Waals surface area contributed by atoms with E-state index in [1.807, 2.05) is 36.4 Å². The van der Waals surface area contributed by atoms with Crippen molar-refractivity contribution in [2.45, 2.75) is 17.1 Å². The zero-order valence-electron chi connectivity index (χ0n) is 22.7. The number of benzene rings is 4. The SMILES string of the molecule is COc1ccc(Cl)cc1NC(=O)C(C)Sc1cccc(NC(=O)/C(=C\c2cccc(Br)c2)NC(=O)c2ccccc2)c1. The Hall–Kier alpha value is -4.05. The minimum atomic E-state index is -0.500. The summed E-state index contributed by atoms with van der Waals surface area (Å²) in [6.45, 7) is 1.78. The van der Waals surface area contributed by atoms with E-state index in [4.69, 9.17) is 16.3 Å². The van der Waals surface area contributed by atoms with Crippen molar-refractivity contribution in [1.29, 1.82) is 0 Å². The summed E-state index contributed by atoms with van der Waals surface area (Å²) < 4.78 is 6.15. The van der Waals surface area contributed by atoms with E-state index >= 15 is 0 Å². The molecular formula is C32H27BrClN3O4S. The molecule has 0 aliphatic carbocycles. The lowest BCUT2D eigenvalue weighted by molar-refractivity contribution is -0.115. The third-order valence-electron chi connectivity index (χ3n) is 5.88. The van der Waals surface area contributed by atoms with Crippen LogP contribution in [0.15, 0.2) is 112 Å². The maximum atomic E-state index is 13.4. The second kappa shape index (κ2) is 14.7. The summed E-state index contributed by atoms with van der Waals surface area (Å²) in [4.78, 5) is 40.0. The lowest BCUT2D eigenvalue weighted by Gasteiger charge is -2.15. The smallest absolute Gasteiger partial charge is 0.272 e. The highest BCUT2D eigenvalue weighted by Gasteiger charge is 2.18. The van der Waals surface area contributed by atoms with Gasteiger partial charge in [0.25, 0.3) is 11.8 Å². The predicted molar refractivity (Wildman–Crippen MR) is 173 cm³/mol. The fraction of sp³-hybridized carbons (Fsp3) is 0.0938. The van der Waals surface area contributed by atoms with E-state index in [2.05, 4.69) is 31.9 Å². The molecule has 4 aromatic rings. The molecule has 1 atom stereocenters. The topological polar surface area (TPSA) is 96.5 Å². The highest BCUT2D eigenvalue weighted by molar-refractivity contribution is 9.10. The van der Waals surface area contributed by atoms with Gasteiger partial charge in [-0.1, -0.05) is 63.9 Å². The Kier molecular flexibility index (Phi) is 10.8. The third kappa shape index (κ3) is 8.72. The highest BCUT2D eigenvalue weighted by atomic mass is 79.9. The lowest BCUT2D eigenvalue weighted by atomic mass is 10.1. The molecule has 4 aromatic carbocycles. The Bertz CT molecular complexity index is 1630. The second-order valence-corrected chi connectivity index (χ2v) is 11.8. The van der Waals surface area contributed by atoms with Gasteiger partial charge in [-0.05, 0) is 79.2 Å². The number of hydrogen-bond donors (Lipinski definition) is 3. The molecule has 0 saturated carbocycles. The van der Waals surface area contributed by atoms with Gasteiger partial charge in [-0.25, -0.2) is 0 Å². The standard InChI is InChI=1S/C32H27BrClN3O4S/c1-20(30(38)36-27-18-24(34)14-15-29(27)41-2)42-26-13-7-12-25(19-26)35-32(40)28(17-21-8-6-11-23(33)16-21)37-31(39)22-9-4-3-5-10-22/h3-20H,1-2H3,(H,35,40)(H,36,38)(H,37,39)/b28-17+. The monoisotopic (exact) mass is 663 g/mol. The summed E-state index contributed by atoms with van der Waals surface area (Å²) >= 11 is 10.8. The van der Waals surface area contributed by atoms with Crippen LogP contribution in [-0.2, 0) is 9.59 Å². The number of anilines is 2. The quantitative estimate of drug-likeness (QED) is 0.120. The first-order chi connectivity index (χ1) is 20.2. The van der Waals surface area contributed by atoms with Gasteiger partial charge < -0.3 is 20.7 Å². The minimum Gasteiger partial charge on any atom is -0.495 e. The van der Waals surface area contributed by atoms with Crippen molar-refractivity contribution in [3.8, 4) is 5.75 Å².